The molecule has 0 aliphatic heterocycles. The predicted octanol–water partition coefficient (Wildman–Crippen LogP) is 2.83. The first-order chi connectivity index (χ1) is 6.38. The zero-order valence-corrected chi connectivity index (χ0v) is 7.48. The highest BCUT2D eigenvalue weighted by atomic mass is 16.4. The minimum Gasteiger partial charge on any atom is -0.411 e. The summed E-state index contributed by atoms with van der Waals surface area (Å²) in [5.41, 5.74) is 1.67. The van der Waals surface area contributed by atoms with Gasteiger partial charge in [0, 0.05) is 0 Å². The van der Waals surface area contributed by atoms with E-state index in [0.29, 0.717) is 5.71 Å². The molecule has 1 rings (SSSR count). The van der Waals surface area contributed by atoms with E-state index in [9.17, 15) is 0 Å². The maximum absolute atomic E-state index is 8.76. The van der Waals surface area contributed by atoms with Crippen molar-refractivity contribution in [1.82, 2.24) is 0 Å². The fraction of sp³-hybridized carbons (Fsp3) is 0.182. The highest BCUT2D eigenvalue weighted by Crippen LogP contribution is 2.06. The summed E-state index contributed by atoms with van der Waals surface area (Å²) < 4.78 is 0. The molecule has 0 heterocycles. The van der Waals surface area contributed by atoms with Gasteiger partial charge in [-0.25, -0.2) is 0 Å². The van der Waals surface area contributed by atoms with E-state index >= 15 is 0 Å². The standard InChI is InChI=1S/C11H13NO/c1-2-3-9-11(12-13)10-7-5-4-6-8-10/h2,4-8,13H,1,3,9H2/b12-11-. The molecule has 13 heavy (non-hydrogen) atoms. The van der Waals surface area contributed by atoms with E-state index in [0.717, 1.165) is 18.4 Å². The molecule has 68 valence electrons. The highest BCUT2D eigenvalue weighted by Gasteiger charge is 2.01. The number of allylic oxidation sites excluding steroid dienone is 1. The second-order valence-corrected chi connectivity index (χ2v) is 2.74. The Kier molecular flexibility index (Phi) is 3.76. The van der Waals surface area contributed by atoms with Crippen molar-refractivity contribution >= 4 is 5.71 Å². The second-order valence-electron chi connectivity index (χ2n) is 2.74. The lowest BCUT2D eigenvalue weighted by Crippen LogP contribution is -1.99. The molecule has 0 saturated carbocycles. The minimum atomic E-state index is 0.709. The van der Waals surface area contributed by atoms with Crippen molar-refractivity contribution in [2.45, 2.75) is 12.8 Å². The molecule has 0 saturated heterocycles. The molecule has 1 N–H and O–H groups in total. The summed E-state index contributed by atoms with van der Waals surface area (Å²) in [7, 11) is 0. The summed E-state index contributed by atoms with van der Waals surface area (Å²) >= 11 is 0. The third-order valence-electron chi connectivity index (χ3n) is 1.81. The summed E-state index contributed by atoms with van der Waals surface area (Å²) in [6, 6.07) is 9.64. The lowest BCUT2D eigenvalue weighted by atomic mass is 10.1. The molecule has 0 atom stereocenters. The molecule has 2 nitrogen and oxygen atoms in total. The van der Waals surface area contributed by atoms with E-state index in [2.05, 4.69) is 11.7 Å². The molecule has 1 aromatic carbocycles. The van der Waals surface area contributed by atoms with Crippen LogP contribution < -0.4 is 0 Å². The van der Waals surface area contributed by atoms with Gasteiger partial charge in [0.15, 0.2) is 0 Å². The molecule has 0 spiro atoms. The SMILES string of the molecule is C=CCC/C(=N/O)c1ccccc1. The fourth-order valence-electron chi connectivity index (χ4n) is 1.12. The van der Waals surface area contributed by atoms with Gasteiger partial charge < -0.3 is 5.21 Å². The lowest BCUT2D eigenvalue weighted by molar-refractivity contribution is 0.318. The van der Waals surface area contributed by atoms with Crippen LogP contribution in [0.1, 0.15) is 18.4 Å². The van der Waals surface area contributed by atoms with Crippen molar-refractivity contribution in [2.75, 3.05) is 0 Å². The molecule has 0 aliphatic rings. The van der Waals surface area contributed by atoms with E-state index in [-0.39, 0.29) is 0 Å². The van der Waals surface area contributed by atoms with Crippen LogP contribution in [-0.4, -0.2) is 10.9 Å². The minimum absolute atomic E-state index is 0.709. The molecule has 0 aromatic heterocycles. The Morgan fingerprint density at radius 1 is 1.38 bits per heavy atom. The van der Waals surface area contributed by atoms with Crippen LogP contribution in [0.3, 0.4) is 0 Å². The quantitative estimate of drug-likeness (QED) is 0.324. The Hall–Kier alpha value is -1.57. The average Bonchev–Trinajstić information content (AvgIpc) is 2.21. The average molecular weight is 175 g/mol. The molecule has 2 heteroatoms. The Labute approximate surface area is 78.2 Å². The Balaban J connectivity index is 2.74. The van der Waals surface area contributed by atoms with Crippen LogP contribution in [0.5, 0.6) is 0 Å². The van der Waals surface area contributed by atoms with Crippen LogP contribution in [0, 0.1) is 0 Å². The molecular formula is C11H13NO. The largest absolute Gasteiger partial charge is 0.411 e. The molecular weight excluding hydrogens is 162 g/mol. The van der Waals surface area contributed by atoms with Crippen molar-refractivity contribution in [2.24, 2.45) is 5.16 Å². The van der Waals surface area contributed by atoms with Gasteiger partial charge in [0.1, 0.15) is 0 Å². The van der Waals surface area contributed by atoms with Crippen LogP contribution in [0.25, 0.3) is 0 Å². The van der Waals surface area contributed by atoms with Crippen LogP contribution in [0.2, 0.25) is 0 Å². The number of rotatable bonds is 4. The molecule has 0 amide bonds. The smallest absolute Gasteiger partial charge is 0.0870 e. The zero-order chi connectivity index (χ0) is 9.52. The third-order valence-corrected chi connectivity index (χ3v) is 1.81. The normalized spacial score (nSPS) is 11.2. The first kappa shape index (κ1) is 9.52. The summed E-state index contributed by atoms with van der Waals surface area (Å²) in [5, 5.41) is 12.0. The molecule has 0 unspecified atom stereocenters. The first-order valence-electron chi connectivity index (χ1n) is 4.25. The number of nitrogens with zero attached hydrogens (tertiary/aromatic N) is 1. The Morgan fingerprint density at radius 2 is 2.08 bits per heavy atom. The molecule has 0 radical (unpaired) electrons. The summed E-state index contributed by atoms with van der Waals surface area (Å²) in [6.07, 6.45) is 3.37. The summed E-state index contributed by atoms with van der Waals surface area (Å²) in [4.78, 5) is 0. The van der Waals surface area contributed by atoms with Gasteiger partial charge in [0.25, 0.3) is 0 Å². The summed E-state index contributed by atoms with van der Waals surface area (Å²) in [6.45, 7) is 3.62. The predicted molar refractivity (Wildman–Crippen MR) is 54.2 cm³/mol. The maximum atomic E-state index is 8.76. The van der Waals surface area contributed by atoms with Crippen LogP contribution in [-0.2, 0) is 0 Å². The van der Waals surface area contributed by atoms with Gasteiger partial charge in [-0.1, -0.05) is 41.6 Å². The maximum Gasteiger partial charge on any atom is 0.0870 e. The van der Waals surface area contributed by atoms with Crippen molar-refractivity contribution in [3.63, 3.8) is 0 Å². The van der Waals surface area contributed by atoms with Crippen LogP contribution in [0.15, 0.2) is 48.1 Å². The van der Waals surface area contributed by atoms with Crippen molar-refractivity contribution in [3.8, 4) is 0 Å². The zero-order valence-electron chi connectivity index (χ0n) is 7.48. The Morgan fingerprint density at radius 3 is 2.62 bits per heavy atom. The fourth-order valence-corrected chi connectivity index (χ4v) is 1.12. The number of hydrogen-bond acceptors (Lipinski definition) is 2. The first-order valence-corrected chi connectivity index (χ1v) is 4.25. The van der Waals surface area contributed by atoms with E-state index < -0.39 is 0 Å². The number of oxime groups is 1. The monoisotopic (exact) mass is 175 g/mol. The van der Waals surface area contributed by atoms with E-state index in [1.807, 2.05) is 36.4 Å². The number of hydrogen-bond donors (Lipinski definition) is 1. The van der Waals surface area contributed by atoms with Crippen molar-refractivity contribution in [1.29, 1.82) is 0 Å². The molecule has 0 aliphatic carbocycles. The van der Waals surface area contributed by atoms with E-state index in [4.69, 9.17) is 5.21 Å². The highest BCUT2D eigenvalue weighted by molar-refractivity contribution is 6.00. The van der Waals surface area contributed by atoms with Gasteiger partial charge in [-0.3, -0.25) is 0 Å². The second kappa shape index (κ2) is 5.14. The van der Waals surface area contributed by atoms with Gasteiger partial charge in [-0.2, -0.15) is 0 Å². The van der Waals surface area contributed by atoms with Crippen molar-refractivity contribution in [3.05, 3.63) is 48.6 Å². The van der Waals surface area contributed by atoms with Gasteiger partial charge in [0.05, 0.1) is 5.71 Å². The van der Waals surface area contributed by atoms with Crippen LogP contribution >= 0.6 is 0 Å². The Bertz CT molecular complexity index is 290. The van der Waals surface area contributed by atoms with E-state index in [1.165, 1.54) is 0 Å². The van der Waals surface area contributed by atoms with Gasteiger partial charge in [-0.15, -0.1) is 6.58 Å². The van der Waals surface area contributed by atoms with Gasteiger partial charge >= 0.3 is 0 Å². The van der Waals surface area contributed by atoms with E-state index in [1.54, 1.807) is 0 Å². The van der Waals surface area contributed by atoms with Crippen molar-refractivity contribution < 1.29 is 5.21 Å². The lowest BCUT2D eigenvalue weighted by Gasteiger charge is -2.01. The number of benzene rings is 1. The van der Waals surface area contributed by atoms with Gasteiger partial charge in [-0.05, 0) is 18.4 Å². The summed E-state index contributed by atoms with van der Waals surface area (Å²) in [5.74, 6) is 0. The third kappa shape index (κ3) is 2.75. The molecule has 1 aromatic rings. The topological polar surface area (TPSA) is 32.6 Å². The molecule has 0 fully saturated rings. The van der Waals surface area contributed by atoms with Gasteiger partial charge in [0.2, 0.25) is 0 Å². The van der Waals surface area contributed by atoms with Crippen LogP contribution in [0.4, 0.5) is 0 Å². The molecule has 0 bridgehead atoms.